The molecule has 0 spiro atoms. The highest BCUT2D eigenvalue weighted by atomic mass is 32.2. The topological polar surface area (TPSA) is 111 Å². The lowest BCUT2D eigenvalue weighted by Crippen LogP contribution is -2.40. The lowest BCUT2D eigenvalue weighted by atomic mass is 9.93. The number of hydrogen-bond acceptors (Lipinski definition) is 5. The second kappa shape index (κ2) is 8.42. The van der Waals surface area contributed by atoms with Gasteiger partial charge >= 0.3 is 6.18 Å². The van der Waals surface area contributed by atoms with E-state index in [0.29, 0.717) is 29.7 Å². The highest BCUT2D eigenvalue weighted by Gasteiger charge is 2.38. The van der Waals surface area contributed by atoms with Gasteiger partial charge in [-0.15, -0.1) is 0 Å². The normalized spacial score (nSPS) is 20.2. The third-order valence-corrected chi connectivity index (χ3v) is 8.97. The number of alkyl halides is 3. The lowest BCUT2D eigenvalue weighted by Gasteiger charge is -2.26. The summed E-state index contributed by atoms with van der Waals surface area (Å²) < 4.78 is 97.5. The molecule has 1 aliphatic carbocycles. The number of sulfonamides is 1. The first-order valence-electron chi connectivity index (χ1n) is 10.2. The van der Waals surface area contributed by atoms with Crippen molar-refractivity contribution in [1.29, 1.82) is 0 Å². The van der Waals surface area contributed by atoms with Crippen LogP contribution >= 0.6 is 0 Å². The van der Waals surface area contributed by atoms with Crippen LogP contribution in [0.25, 0.3) is 10.9 Å². The minimum absolute atomic E-state index is 0.0551. The summed E-state index contributed by atoms with van der Waals surface area (Å²) in [7, 11) is -8.85. The van der Waals surface area contributed by atoms with Gasteiger partial charge in [-0.05, 0) is 49.9 Å². The highest BCUT2D eigenvalue weighted by Crippen LogP contribution is 2.40. The van der Waals surface area contributed by atoms with Gasteiger partial charge in [-0.1, -0.05) is 24.3 Å². The van der Waals surface area contributed by atoms with Crippen LogP contribution in [0.1, 0.15) is 31.2 Å². The number of benzene rings is 2. The van der Waals surface area contributed by atoms with Crippen LogP contribution in [0.5, 0.6) is 0 Å². The van der Waals surface area contributed by atoms with E-state index in [0.717, 1.165) is 24.4 Å². The second-order valence-corrected chi connectivity index (χ2v) is 11.5. The van der Waals surface area contributed by atoms with E-state index < -0.39 is 48.1 Å². The number of halogens is 3. The zero-order valence-electron chi connectivity index (χ0n) is 17.3. The molecule has 3 aromatic rings. The first-order valence-corrected chi connectivity index (χ1v) is 13.1. The minimum atomic E-state index is -4.90. The van der Waals surface area contributed by atoms with Crippen molar-refractivity contribution < 1.29 is 30.0 Å². The van der Waals surface area contributed by atoms with Crippen molar-refractivity contribution in [2.45, 2.75) is 53.7 Å². The predicted octanol–water partition coefficient (Wildman–Crippen LogP) is 3.45. The van der Waals surface area contributed by atoms with Crippen LogP contribution in [0.3, 0.4) is 0 Å². The van der Waals surface area contributed by atoms with Crippen LogP contribution < -0.4 is 10.5 Å². The number of rotatable bonds is 5. The van der Waals surface area contributed by atoms with Crippen molar-refractivity contribution >= 4 is 30.9 Å². The fourth-order valence-corrected chi connectivity index (χ4v) is 7.07. The summed E-state index contributed by atoms with van der Waals surface area (Å²) in [5.74, 6) is 0. The van der Waals surface area contributed by atoms with Gasteiger partial charge in [-0.3, -0.25) is 0 Å². The van der Waals surface area contributed by atoms with Gasteiger partial charge in [0.1, 0.15) is 4.90 Å². The highest BCUT2D eigenvalue weighted by molar-refractivity contribution is 7.91. The molecule has 0 radical (unpaired) electrons. The number of nitrogens with two attached hydrogens (primary N) is 1. The maximum Gasteiger partial charge on any atom is 0.417 e. The molecule has 4 rings (SSSR count). The van der Waals surface area contributed by atoms with E-state index in [1.807, 2.05) is 0 Å². The Morgan fingerprint density at radius 2 is 1.55 bits per heavy atom. The summed E-state index contributed by atoms with van der Waals surface area (Å²) in [6, 6.07) is 9.47. The first kappa shape index (κ1) is 23.7. The first-order chi connectivity index (χ1) is 15.4. The molecule has 12 heteroatoms. The summed E-state index contributed by atoms with van der Waals surface area (Å²) in [6.45, 7) is 0. The molecule has 0 bridgehead atoms. The van der Waals surface area contributed by atoms with Crippen LogP contribution in [-0.4, -0.2) is 32.9 Å². The van der Waals surface area contributed by atoms with Gasteiger partial charge in [0.15, 0.2) is 0 Å². The van der Waals surface area contributed by atoms with Gasteiger partial charge in [0.25, 0.3) is 10.0 Å². The van der Waals surface area contributed by atoms with Crippen molar-refractivity contribution in [3.05, 3.63) is 60.3 Å². The summed E-state index contributed by atoms with van der Waals surface area (Å²) in [5, 5.41) is -0.690. The molecule has 1 fully saturated rings. The molecule has 1 aromatic heterocycles. The molecule has 1 heterocycles. The molecule has 33 heavy (non-hydrogen) atoms. The molecular formula is C21H22F3N3O4S2. The van der Waals surface area contributed by atoms with E-state index in [1.54, 1.807) is 6.07 Å². The predicted molar refractivity (Wildman–Crippen MR) is 117 cm³/mol. The second-order valence-electron chi connectivity index (χ2n) is 8.04. The van der Waals surface area contributed by atoms with E-state index in [1.165, 1.54) is 24.3 Å². The maximum atomic E-state index is 13.8. The van der Waals surface area contributed by atoms with Gasteiger partial charge < -0.3 is 5.73 Å². The fraction of sp³-hybridized carbons (Fsp3) is 0.333. The molecule has 0 saturated heterocycles. The average Bonchev–Trinajstić information content (AvgIpc) is 3.17. The summed E-state index contributed by atoms with van der Waals surface area (Å²) >= 11 is 0. The molecule has 0 aliphatic heterocycles. The zero-order chi connectivity index (χ0) is 24.0. The molecule has 2 aromatic carbocycles. The molecule has 1 aliphatic rings. The molecule has 7 nitrogen and oxygen atoms in total. The molecular weight excluding hydrogens is 479 g/mol. The molecule has 0 atom stereocenters. The van der Waals surface area contributed by atoms with Crippen LogP contribution in [0.4, 0.5) is 13.2 Å². The third-order valence-electron chi connectivity index (χ3n) is 5.75. The minimum Gasteiger partial charge on any atom is -0.328 e. The van der Waals surface area contributed by atoms with Crippen molar-refractivity contribution in [2.75, 3.05) is 0 Å². The largest absolute Gasteiger partial charge is 0.417 e. The van der Waals surface area contributed by atoms with Crippen molar-refractivity contribution in [1.82, 2.24) is 8.69 Å². The van der Waals surface area contributed by atoms with Crippen LogP contribution in [0, 0.1) is 0 Å². The summed E-state index contributed by atoms with van der Waals surface area (Å²) in [6.07, 6.45) is -2.12. The number of fused-ring (bicyclic) bond motifs is 1. The maximum absolute atomic E-state index is 13.8. The molecule has 0 unspecified atom stereocenters. The molecule has 178 valence electrons. The Morgan fingerprint density at radius 1 is 0.909 bits per heavy atom. The van der Waals surface area contributed by atoms with Crippen molar-refractivity contribution in [3.8, 4) is 0 Å². The van der Waals surface area contributed by atoms with Gasteiger partial charge in [-0.2, -0.15) is 13.2 Å². The lowest BCUT2D eigenvalue weighted by molar-refractivity contribution is -0.136. The smallest absolute Gasteiger partial charge is 0.328 e. The summed E-state index contributed by atoms with van der Waals surface area (Å²) in [4.78, 5) is -0.919. The Balaban J connectivity index is 1.93. The Kier molecular flexibility index (Phi) is 6.06. The molecule has 3 N–H and O–H groups in total. The third kappa shape index (κ3) is 4.52. The standard InChI is InChI=1S/C21H22F3N3O4S2/c22-21(23,24)17-7-4-8-18-20(17)19(32(28,29)26-15-11-9-14(25)10-12-15)13-27(18)33(30,31)16-5-2-1-3-6-16/h1-8,13-15,26H,9-12,25H2/t14-,15-. The Labute approximate surface area is 189 Å². The summed E-state index contributed by atoms with van der Waals surface area (Å²) in [5.41, 5.74) is 4.24. The van der Waals surface area contributed by atoms with Gasteiger partial charge in [-0.25, -0.2) is 25.5 Å². The zero-order valence-corrected chi connectivity index (χ0v) is 18.9. The van der Waals surface area contributed by atoms with Gasteiger partial charge in [0.05, 0.1) is 16.0 Å². The number of aromatic nitrogens is 1. The Hall–Kier alpha value is -2.41. The van der Waals surface area contributed by atoms with Crippen LogP contribution in [0.2, 0.25) is 0 Å². The Bertz CT molecular complexity index is 1380. The van der Waals surface area contributed by atoms with Gasteiger partial charge in [0.2, 0.25) is 10.0 Å². The molecule has 1 saturated carbocycles. The van der Waals surface area contributed by atoms with E-state index in [4.69, 9.17) is 5.73 Å². The number of nitrogens with one attached hydrogen (secondary N) is 1. The van der Waals surface area contributed by atoms with E-state index in [-0.39, 0.29) is 16.5 Å². The van der Waals surface area contributed by atoms with E-state index in [9.17, 15) is 30.0 Å². The number of nitrogens with zero attached hydrogens (tertiary/aromatic N) is 1. The number of hydrogen-bond donors (Lipinski definition) is 2. The fourth-order valence-electron chi connectivity index (χ4n) is 4.09. The van der Waals surface area contributed by atoms with E-state index in [2.05, 4.69) is 4.72 Å². The monoisotopic (exact) mass is 501 g/mol. The van der Waals surface area contributed by atoms with Crippen molar-refractivity contribution in [3.63, 3.8) is 0 Å². The molecule has 0 amide bonds. The average molecular weight is 502 g/mol. The van der Waals surface area contributed by atoms with Crippen LogP contribution in [0.15, 0.2) is 64.5 Å². The SMILES string of the molecule is N[C@H]1CC[C@H](NS(=O)(=O)c2cn(S(=O)(=O)c3ccccc3)c3cccc(C(F)(F)F)c23)CC1. The van der Waals surface area contributed by atoms with Gasteiger partial charge in [0, 0.05) is 23.7 Å². The Morgan fingerprint density at radius 3 is 2.15 bits per heavy atom. The van der Waals surface area contributed by atoms with Crippen LogP contribution in [-0.2, 0) is 26.2 Å². The van der Waals surface area contributed by atoms with E-state index >= 15 is 0 Å². The quantitative estimate of drug-likeness (QED) is 0.556. The van der Waals surface area contributed by atoms with Crippen molar-refractivity contribution in [2.24, 2.45) is 5.73 Å².